The Morgan fingerprint density at radius 2 is 0.412 bits per heavy atom. The molecule has 20 aromatic rings. The molecule has 7 nitrogen and oxygen atoms in total. The van der Waals surface area contributed by atoms with Crippen molar-refractivity contribution < 1.29 is 22.0 Å². The van der Waals surface area contributed by atoms with Crippen molar-refractivity contribution in [2.75, 3.05) is 0 Å². The van der Waals surface area contributed by atoms with E-state index < -0.39 is 34.6 Å². The first kappa shape index (κ1) is 54.6. The maximum atomic E-state index is 17.8. The Morgan fingerprint density at radius 3 is 0.639 bits per heavy atom. The summed E-state index contributed by atoms with van der Waals surface area (Å²) in [4.78, 5) is 0. The molecule has 0 saturated carbocycles. The van der Waals surface area contributed by atoms with E-state index in [9.17, 15) is 5.26 Å². The van der Waals surface area contributed by atoms with Gasteiger partial charge in [-0.1, -0.05) is 146 Å². The van der Waals surface area contributed by atoms with Crippen molar-refractivity contribution in [2.24, 2.45) is 0 Å². The molecule has 0 bridgehead atoms. The average Bonchev–Trinajstić information content (AvgIpc) is 1.60. The molecule has 0 N–H and O–H groups in total. The molecular formula is C85H46F5N7. The van der Waals surface area contributed by atoms with Gasteiger partial charge in [0.15, 0.2) is 23.3 Å². The maximum Gasteiger partial charge on any atom is 0.200 e. The van der Waals surface area contributed by atoms with Gasteiger partial charge in [-0.25, -0.2) is 22.0 Å². The highest BCUT2D eigenvalue weighted by atomic mass is 19.2. The standard InChI is InChI=1S/C85H46F5N7/c86-81-80(82(87)84(89)85(90)83(81)88)79-77(96-73-37-33-49(92-65-25-9-1-17-53(65)54-18-2-10-26-66(54)92)43-61(73)62-44-50(34-38-74(62)96)93-67-27-11-3-19-55(67)56-20-4-12-28-68(56)93)41-48(47-91)42-78(79)97-75-39-35-51(94-69-29-13-5-21-57(69)58-22-6-14-30-70(58)94)45-63(75)64-46-52(36-40-76(64)97)95-71-31-15-7-23-59(71)60-24-8-16-32-72(60)95/h1-46H. The normalized spacial score (nSPS) is 12.2. The summed E-state index contributed by atoms with van der Waals surface area (Å²) >= 11 is 0. The van der Waals surface area contributed by atoms with Crippen molar-refractivity contribution in [3.05, 3.63) is 314 Å². The monoisotopic (exact) mass is 1260 g/mol. The fourth-order valence-electron chi connectivity index (χ4n) is 16.0. The lowest BCUT2D eigenvalue weighted by atomic mass is 9.96. The van der Waals surface area contributed by atoms with Crippen molar-refractivity contribution in [1.29, 1.82) is 5.26 Å². The van der Waals surface area contributed by atoms with Gasteiger partial charge in [-0.3, -0.25) is 0 Å². The fourth-order valence-corrected chi connectivity index (χ4v) is 16.0. The number of hydrogen-bond donors (Lipinski definition) is 0. The minimum absolute atomic E-state index is 0.00899. The molecule has 12 heteroatoms. The molecule has 0 saturated heterocycles. The van der Waals surface area contributed by atoms with Gasteiger partial charge >= 0.3 is 0 Å². The van der Waals surface area contributed by atoms with Gasteiger partial charge in [0.05, 0.1) is 94.8 Å². The third-order valence-corrected chi connectivity index (χ3v) is 20.0. The molecule has 456 valence electrons. The number of para-hydroxylation sites is 8. The number of halogens is 5. The predicted octanol–water partition coefficient (Wildman–Crippen LogP) is 22.5. The van der Waals surface area contributed by atoms with E-state index in [4.69, 9.17) is 0 Å². The van der Waals surface area contributed by atoms with Gasteiger partial charge in [0.2, 0.25) is 5.82 Å². The second kappa shape index (κ2) is 20.3. The van der Waals surface area contributed by atoms with Crippen molar-refractivity contribution in [3.63, 3.8) is 0 Å². The fraction of sp³-hybridized carbons (Fsp3) is 0. The molecule has 0 fully saturated rings. The van der Waals surface area contributed by atoms with Crippen LogP contribution in [0.25, 0.3) is 176 Å². The van der Waals surface area contributed by atoms with Crippen molar-refractivity contribution in [1.82, 2.24) is 27.4 Å². The highest BCUT2D eigenvalue weighted by Crippen LogP contribution is 2.48. The van der Waals surface area contributed by atoms with Gasteiger partial charge in [0.25, 0.3) is 0 Å². The summed E-state index contributed by atoms with van der Waals surface area (Å²) in [5, 5.41) is 22.7. The summed E-state index contributed by atoms with van der Waals surface area (Å²) < 4.78 is 97.0. The van der Waals surface area contributed by atoms with Crippen LogP contribution in [0.2, 0.25) is 0 Å². The van der Waals surface area contributed by atoms with E-state index in [1.807, 2.05) is 155 Å². The summed E-state index contributed by atoms with van der Waals surface area (Å²) in [5.41, 5.74) is 11.6. The maximum absolute atomic E-state index is 17.8. The molecule has 0 aliphatic carbocycles. The minimum atomic E-state index is -2.30. The van der Waals surface area contributed by atoms with Gasteiger partial charge in [0, 0.05) is 92.9 Å². The molecule has 97 heavy (non-hydrogen) atoms. The number of fused-ring (bicyclic) bond motifs is 18. The van der Waals surface area contributed by atoms with Crippen LogP contribution in [-0.2, 0) is 0 Å². The number of hydrogen-bond acceptors (Lipinski definition) is 1. The SMILES string of the molecule is N#Cc1cc(-n2c3ccc(-n4c5ccccc5c5ccccc54)cc3c3cc(-n4c5ccccc5c5ccccc54)ccc32)c(-c2c(F)c(F)c(F)c(F)c2F)c(-n2c3ccc(-n4c5ccccc5c5ccccc54)cc3c3cc(-n4c5ccccc5c5ccccc54)ccc32)c1. The topological polar surface area (TPSA) is 53.4 Å². The molecule has 0 aliphatic heterocycles. The molecule has 0 unspecified atom stereocenters. The molecular weight excluding hydrogens is 1210 g/mol. The first-order valence-corrected chi connectivity index (χ1v) is 31.9. The van der Waals surface area contributed by atoms with Crippen molar-refractivity contribution in [2.45, 2.75) is 0 Å². The van der Waals surface area contributed by atoms with Crippen molar-refractivity contribution >= 4 is 131 Å². The second-order valence-electron chi connectivity index (χ2n) is 24.9. The summed E-state index contributed by atoms with van der Waals surface area (Å²) in [6, 6.07) is 95.1. The summed E-state index contributed by atoms with van der Waals surface area (Å²) in [6.45, 7) is 0. The molecule has 0 radical (unpaired) electrons. The second-order valence-corrected chi connectivity index (χ2v) is 24.9. The number of nitrogens with zero attached hydrogens (tertiary/aromatic N) is 7. The first-order valence-electron chi connectivity index (χ1n) is 31.9. The Balaban J connectivity index is 0.926. The van der Waals surface area contributed by atoms with E-state index in [1.54, 1.807) is 0 Å². The van der Waals surface area contributed by atoms with E-state index >= 15 is 22.0 Å². The van der Waals surface area contributed by atoms with Crippen LogP contribution in [-0.4, -0.2) is 27.4 Å². The lowest BCUT2D eigenvalue weighted by Crippen LogP contribution is -2.10. The van der Waals surface area contributed by atoms with Gasteiger partial charge in [-0.15, -0.1) is 0 Å². The Morgan fingerprint density at radius 1 is 0.206 bits per heavy atom. The summed E-state index contributed by atoms with van der Waals surface area (Å²) in [5.74, 6) is -10.6. The van der Waals surface area contributed by atoms with Crippen LogP contribution in [0, 0.1) is 40.4 Å². The predicted molar refractivity (Wildman–Crippen MR) is 382 cm³/mol. The van der Waals surface area contributed by atoms with Gasteiger partial charge in [0.1, 0.15) is 0 Å². The lowest BCUT2D eigenvalue weighted by Gasteiger charge is -2.22. The van der Waals surface area contributed by atoms with Gasteiger partial charge in [-0.05, 0) is 133 Å². The van der Waals surface area contributed by atoms with Crippen LogP contribution in [0.4, 0.5) is 22.0 Å². The van der Waals surface area contributed by atoms with E-state index in [2.05, 4.69) is 146 Å². The highest BCUT2D eigenvalue weighted by molar-refractivity contribution is 6.17. The van der Waals surface area contributed by atoms with Crippen LogP contribution in [0.1, 0.15) is 5.56 Å². The lowest BCUT2D eigenvalue weighted by molar-refractivity contribution is 0.381. The Kier molecular flexibility index (Phi) is 11.4. The number of rotatable bonds is 7. The number of aromatic nitrogens is 6. The van der Waals surface area contributed by atoms with Gasteiger partial charge < -0.3 is 27.4 Å². The Bertz CT molecular complexity index is 5970. The van der Waals surface area contributed by atoms with Crippen LogP contribution >= 0.6 is 0 Å². The summed E-state index contributed by atoms with van der Waals surface area (Å²) in [6.07, 6.45) is 0. The average molecular weight is 1260 g/mol. The third-order valence-electron chi connectivity index (χ3n) is 20.0. The van der Waals surface area contributed by atoms with E-state index in [0.717, 1.165) is 110 Å². The quantitative estimate of drug-likeness (QED) is 0.0891. The Labute approximate surface area is 547 Å². The molecule has 0 spiro atoms. The smallest absolute Gasteiger partial charge is 0.200 e. The minimum Gasteiger partial charge on any atom is -0.309 e. The zero-order chi connectivity index (χ0) is 64.6. The van der Waals surface area contributed by atoms with Crippen LogP contribution in [0.3, 0.4) is 0 Å². The molecule has 0 atom stereocenters. The first-order chi connectivity index (χ1) is 47.7. The summed E-state index contributed by atoms with van der Waals surface area (Å²) in [7, 11) is 0. The van der Waals surface area contributed by atoms with Crippen LogP contribution < -0.4 is 0 Å². The highest BCUT2D eigenvalue weighted by Gasteiger charge is 2.33. The largest absolute Gasteiger partial charge is 0.309 e. The van der Waals surface area contributed by atoms with Gasteiger partial charge in [-0.2, -0.15) is 5.26 Å². The molecule has 0 amide bonds. The molecule has 0 aliphatic rings. The Hall–Kier alpha value is -13.0. The molecule has 6 heterocycles. The zero-order valence-corrected chi connectivity index (χ0v) is 51.1. The van der Waals surface area contributed by atoms with Crippen LogP contribution in [0.15, 0.2) is 279 Å². The van der Waals surface area contributed by atoms with E-state index in [1.165, 1.54) is 12.1 Å². The number of nitriles is 1. The van der Waals surface area contributed by atoms with Crippen molar-refractivity contribution in [3.8, 4) is 51.3 Å². The third kappa shape index (κ3) is 7.53. The molecule has 6 aromatic heterocycles. The molecule has 20 rings (SSSR count). The van der Waals surface area contributed by atoms with E-state index in [-0.39, 0.29) is 22.5 Å². The van der Waals surface area contributed by atoms with Crippen LogP contribution in [0.5, 0.6) is 0 Å². The molecule has 14 aromatic carbocycles. The number of benzene rings is 14. The van der Waals surface area contributed by atoms with E-state index in [0.29, 0.717) is 43.6 Å². The zero-order valence-electron chi connectivity index (χ0n) is 51.1.